The lowest BCUT2D eigenvalue weighted by Crippen LogP contribution is -2.26. The standard InChI is InChI=1S/C51H31NS/c1-3-17-35-32(14-1)16-13-26-46(35)52(47-30-33-15-2-4-18-36(33)49-41-22-8-12-27-48(41)53-50(47)49)34-28-29-40-39-21-7-11-25-44(39)51(45(40)31-34)42-23-9-5-19-37(42)38-20-6-10-24-43(38)51/h1-31H. The highest BCUT2D eigenvalue weighted by Gasteiger charge is 2.51. The summed E-state index contributed by atoms with van der Waals surface area (Å²) < 4.78 is 2.60. The van der Waals surface area contributed by atoms with E-state index < -0.39 is 5.41 Å². The number of anilines is 3. The number of benzene rings is 9. The van der Waals surface area contributed by atoms with Crippen LogP contribution < -0.4 is 4.90 Å². The monoisotopic (exact) mass is 689 g/mol. The molecule has 246 valence electrons. The molecule has 2 aliphatic rings. The second kappa shape index (κ2) is 10.8. The van der Waals surface area contributed by atoms with E-state index in [9.17, 15) is 0 Å². The molecule has 9 aromatic carbocycles. The molecule has 0 N–H and O–H groups in total. The van der Waals surface area contributed by atoms with Gasteiger partial charge in [0.05, 0.1) is 21.5 Å². The molecule has 0 saturated heterocycles. The molecule has 12 rings (SSSR count). The molecule has 0 aliphatic heterocycles. The van der Waals surface area contributed by atoms with Crippen LogP contribution in [0.1, 0.15) is 22.3 Å². The first-order chi connectivity index (χ1) is 26.3. The van der Waals surface area contributed by atoms with Crippen LogP contribution in [-0.4, -0.2) is 0 Å². The van der Waals surface area contributed by atoms with Gasteiger partial charge in [0.15, 0.2) is 0 Å². The Kier molecular flexibility index (Phi) is 5.92. The minimum atomic E-state index is -0.421. The van der Waals surface area contributed by atoms with E-state index in [-0.39, 0.29) is 0 Å². The summed E-state index contributed by atoms with van der Waals surface area (Å²) in [7, 11) is 0. The summed E-state index contributed by atoms with van der Waals surface area (Å²) in [6, 6.07) is 70.3. The van der Waals surface area contributed by atoms with Crippen molar-refractivity contribution < 1.29 is 0 Å². The third kappa shape index (κ3) is 3.81. The van der Waals surface area contributed by atoms with E-state index in [1.807, 2.05) is 11.3 Å². The van der Waals surface area contributed by atoms with Gasteiger partial charge in [0, 0.05) is 26.5 Å². The summed E-state index contributed by atoms with van der Waals surface area (Å²) in [5, 5.41) is 7.63. The van der Waals surface area contributed by atoms with Crippen LogP contribution >= 0.6 is 11.3 Å². The van der Waals surface area contributed by atoms with Gasteiger partial charge in [-0.1, -0.05) is 158 Å². The lowest BCUT2D eigenvalue weighted by atomic mass is 9.70. The van der Waals surface area contributed by atoms with Crippen molar-refractivity contribution in [2.45, 2.75) is 5.41 Å². The Morgan fingerprint density at radius 2 is 0.925 bits per heavy atom. The highest BCUT2D eigenvalue weighted by molar-refractivity contribution is 7.26. The second-order valence-electron chi connectivity index (χ2n) is 14.4. The van der Waals surface area contributed by atoms with Crippen molar-refractivity contribution in [1.29, 1.82) is 0 Å². The SMILES string of the molecule is c1ccc2c(c1)-c1ccccc1C21c2ccccc2-c2ccc(N(c3cccc4ccccc34)c3cc4ccccc4c4c3sc3ccccc34)cc21. The van der Waals surface area contributed by atoms with Crippen molar-refractivity contribution in [3.05, 3.63) is 210 Å². The largest absolute Gasteiger partial charge is 0.308 e. The van der Waals surface area contributed by atoms with E-state index >= 15 is 0 Å². The summed E-state index contributed by atoms with van der Waals surface area (Å²) in [5.41, 5.74) is 13.8. The third-order valence-corrected chi connectivity index (χ3v) is 13.0. The molecule has 0 amide bonds. The van der Waals surface area contributed by atoms with Crippen LogP contribution in [0.5, 0.6) is 0 Å². The Hall–Kier alpha value is -6.48. The average Bonchev–Trinajstić information content (AvgIpc) is 3.86. The molecule has 1 nitrogen and oxygen atoms in total. The molecule has 0 radical (unpaired) electrons. The molecule has 1 aromatic heterocycles. The van der Waals surface area contributed by atoms with Crippen LogP contribution in [-0.2, 0) is 5.41 Å². The maximum absolute atomic E-state index is 2.55. The van der Waals surface area contributed by atoms with Gasteiger partial charge < -0.3 is 4.90 Å². The Morgan fingerprint density at radius 3 is 1.64 bits per heavy atom. The number of nitrogens with zero attached hydrogens (tertiary/aromatic N) is 1. The first kappa shape index (κ1) is 29.1. The van der Waals surface area contributed by atoms with E-state index in [0.29, 0.717) is 0 Å². The molecule has 1 heterocycles. The van der Waals surface area contributed by atoms with Crippen LogP contribution in [0.4, 0.5) is 17.1 Å². The minimum Gasteiger partial charge on any atom is -0.308 e. The van der Waals surface area contributed by atoms with E-state index in [1.54, 1.807) is 0 Å². The molecular weight excluding hydrogens is 659 g/mol. The lowest BCUT2D eigenvalue weighted by molar-refractivity contribution is 0.793. The van der Waals surface area contributed by atoms with Gasteiger partial charge in [-0.2, -0.15) is 0 Å². The molecule has 53 heavy (non-hydrogen) atoms. The first-order valence-electron chi connectivity index (χ1n) is 18.4. The van der Waals surface area contributed by atoms with E-state index in [0.717, 1.165) is 5.69 Å². The fourth-order valence-corrected chi connectivity index (χ4v) is 11.0. The van der Waals surface area contributed by atoms with E-state index in [2.05, 4.69) is 193 Å². The minimum absolute atomic E-state index is 0.421. The predicted molar refractivity (Wildman–Crippen MR) is 225 cm³/mol. The summed E-state index contributed by atoms with van der Waals surface area (Å²) in [6.45, 7) is 0. The lowest BCUT2D eigenvalue weighted by Gasteiger charge is -2.32. The fourth-order valence-electron chi connectivity index (χ4n) is 9.76. The van der Waals surface area contributed by atoms with Crippen molar-refractivity contribution in [3.63, 3.8) is 0 Å². The normalized spacial score (nSPS) is 13.4. The van der Waals surface area contributed by atoms with Crippen LogP contribution in [0, 0.1) is 0 Å². The van der Waals surface area contributed by atoms with Gasteiger partial charge in [-0.15, -0.1) is 11.3 Å². The number of rotatable bonds is 3. The second-order valence-corrected chi connectivity index (χ2v) is 15.4. The average molecular weight is 690 g/mol. The van der Waals surface area contributed by atoms with Crippen molar-refractivity contribution in [1.82, 2.24) is 0 Å². The van der Waals surface area contributed by atoms with E-state index in [4.69, 9.17) is 0 Å². The number of thiophene rings is 1. The Labute approximate surface area is 311 Å². The van der Waals surface area contributed by atoms with Crippen LogP contribution in [0.15, 0.2) is 188 Å². The quantitative estimate of drug-likeness (QED) is 0.178. The summed E-state index contributed by atoms with van der Waals surface area (Å²) in [4.78, 5) is 2.55. The summed E-state index contributed by atoms with van der Waals surface area (Å²) in [6.07, 6.45) is 0. The summed E-state index contributed by atoms with van der Waals surface area (Å²) >= 11 is 1.90. The summed E-state index contributed by atoms with van der Waals surface area (Å²) in [5.74, 6) is 0. The highest BCUT2D eigenvalue weighted by atomic mass is 32.1. The predicted octanol–water partition coefficient (Wildman–Crippen LogP) is 14.2. The molecule has 2 aliphatic carbocycles. The molecule has 10 aromatic rings. The zero-order valence-electron chi connectivity index (χ0n) is 28.8. The molecular formula is C51H31NS. The number of fused-ring (bicyclic) bond motifs is 16. The van der Waals surface area contributed by atoms with Crippen LogP contribution in [0.3, 0.4) is 0 Å². The van der Waals surface area contributed by atoms with Gasteiger partial charge in [0.1, 0.15) is 0 Å². The zero-order chi connectivity index (χ0) is 34.7. The van der Waals surface area contributed by atoms with Crippen molar-refractivity contribution >= 4 is 70.1 Å². The number of hydrogen-bond acceptors (Lipinski definition) is 2. The molecule has 1 spiro atoms. The third-order valence-electron chi connectivity index (χ3n) is 11.8. The van der Waals surface area contributed by atoms with Crippen molar-refractivity contribution in [2.24, 2.45) is 0 Å². The van der Waals surface area contributed by atoms with Gasteiger partial charge in [0.25, 0.3) is 0 Å². The highest BCUT2D eigenvalue weighted by Crippen LogP contribution is 2.63. The Balaban J connectivity index is 1.22. The molecule has 2 heteroatoms. The molecule has 0 bridgehead atoms. The molecule has 0 fully saturated rings. The topological polar surface area (TPSA) is 3.24 Å². The maximum Gasteiger partial charge on any atom is 0.0726 e. The Morgan fingerprint density at radius 1 is 0.377 bits per heavy atom. The van der Waals surface area contributed by atoms with Crippen LogP contribution in [0.2, 0.25) is 0 Å². The first-order valence-corrected chi connectivity index (χ1v) is 19.2. The van der Waals surface area contributed by atoms with Crippen molar-refractivity contribution in [3.8, 4) is 22.3 Å². The van der Waals surface area contributed by atoms with Gasteiger partial charge in [-0.25, -0.2) is 0 Å². The van der Waals surface area contributed by atoms with Gasteiger partial charge >= 0.3 is 0 Å². The smallest absolute Gasteiger partial charge is 0.0726 e. The maximum atomic E-state index is 2.55. The van der Waals surface area contributed by atoms with Crippen molar-refractivity contribution in [2.75, 3.05) is 4.90 Å². The zero-order valence-corrected chi connectivity index (χ0v) is 29.6. The number of hydrogen-bond donors (Lipinski definition) is 0. The van der Waals surface area contributed by atoms with E-state index in [1.165, 1.54) is 97.6 Å². The molecule has 0 unspecified atom stereocenters. The molecule has 0 atom stereocenters. The fraction of sp³-hybridized carbons (Fsp3) is 0.0196. The van der Waals surface area contributed by atoms with Gasteiger partial charge in [-0.05, 0) is 91.0 Å². The van der Waals surface area contributed by atoms with Crippen LogP contribution in [0.25, 0.3) is 64.0 Å². The Bertz CT molecular complexity index is 3080. The van der Waals surface area contributed by atoms with Gasteiger partial charge in [-0.3, -0.25) is 0 Å². The molecule has 0 saturated carbocycles. The van der Waals surface area contributed by atoms with Gasteiger partial charge in [0.2, 0.25) is 0 Å².